The Morgan fingerprint density at radius 2 is 1.65 bits per heavy atom. The fourth-order valence-corrected chi connectivity index (χ4v) is 4.52. The Kier molecular flexibility index (Phi) is 8.00. The number of hydrogen-bond acceptors (Lipinski definition) is 4. The third-order valence-electron chi connectivity index (χ3n) is 5.98. The van der Waals surface area contributed by atoms with Gasteiger partial charge in [-0.1, -0.05) is 29.9 Å². The lowest BCUT2D eigenvalue weighted by Crippen LogP contribution is -2.16. The maximum atomic E-state index is 13.0. The normalized spacial score (nSPS) is 17.0. The number of hydrogen-bond donors (Lipinski definition) is 0. The maximum absolute atomic E-state index is 13.0. The van der Waals surface area contributed by atoms with E-state index in [1.807, 2.05) is 38.1 Å². The second kappa shape index (κ2) is 10.7. The molecule has 3 rings (SSSR count). The molecule has 34 heavy (non-hydrogen) atoms. The van der Waals surface area contributed by atoms with Gasteiger partial charge in [0.05, 0.1) is 4.90 Å². The molecule has 5 heteroatoms. The van der Waals surface area contributed by atoms with Crippen LogP contribution in [-0.2, 0) is 9.84 Å². The molecule has 1 atom stereocenters. The van der Waals surface area contributed by atoms with Crippen molar-refractivity contribution in [1.82, 2.24) is 0 Å². The van der Waals surface area contributed by atoms with Crippen LogP contribution in [0.15, 0.2) is 106 Å². The summed E-state index contributed by atoms with van der Waals surface area (Å²) in [6.07, 6.45) is 9.56. The van der Waals surface area contributed by atoms with E-state index in [0.717, 1.165) is 12.0 Å². The smallest absolute Gasteiger partial charge is 0.202 e. The largest absolute Gasteiger partial charge is 0.486 e. The average molecular weight is 477 g/mol. The minimum Gasteiger partial charge on any atom is -0.486 e. The standard InChI is InChI=1S/C29H32O4S/c1-7-25(32-27-11-8-20(2)22(4)18-27)13-10-24(6)34(30,31)29-16-14-26(15-17-29)33-28-12-9-21(3)23(5)19-28/h7-18,28H,1,19H2,2-6H3/b24-10+,25-13+. The minimum absolute atomic E-state index is 0.0485. The number of allylic oxidation sites excluding steroid dienone is 6. The van der Waals surface area contributed by atoms with Crippen LogP contribution in [0.5, 0.6) is 11.5 Å². The van der Waals surface area contributed by atoms with E-state index in [2.05, 4.69) is 26.5 Å². The molecular weight excluding hydrogens is 444 g/mol. The molecule has 4 nitrogen and oxygen atoms in total. The molecule has 0 N–H and O–H groups in total. The van der Waals surface area contributed by atoms with Crippen LogP contribution in [0, 0.1) is 13.8 Å². The molecule has 0 radical (unpaired) electrons. The Morgan fingerprint density at radius 3 is 2.26 bits per heavy atom. The number of ether oxygens (including phenoxy) is 2. The Hall–Kier alpha value is -3.31. The summed E-state index contributed by atoms with van der Waals surface area (Å²) in [6, 6.07) is 12.3. The number of aryl methyl sites for hydroxylation is 2. The predicted octanol–water partition coefficient (Wildman–Crippen LogP) is 7.17. The maximum Gasteiger partial charge on any atom is 0.202 e. The van der Waals surface area contributed by atoms with E-state index in [1.54, 1.807) is 43.3 Å². The van der Waals surface area contributed by atoms with Crippen molar-refractivity contribution in [2.45, 2.75) is 52.0 Å². The Morgan fingerprint density at radius 1 is 0.971 bits per heavy atom. The minimum atomic E-state index is -3.64. The summed E-state index contributed by atoms with van der Waals surface area (Å²) < 4.78 is 37.9. The fourth-order valence-electron chi connectivity index (χ4n) is 3.41. The molecule has 0 spiro atoms. The van der Waals surface area contributed by atoms with Crippen molar-refractivity contribution in [2.75, 3.05) is 0 Å². The SMILES string of the molecule is C=C/C(=C\C=C(/C)S(=O)(=O)c1ccc(OC2C=CC(C)=C(C)C2)cc1)Oc1ccc(C)c(C)c1. The van der Waals surface area contributed by atoms with Gasteiger partial charge in [0.2, 0.25) is 9.84 Å². The van der Waals surface area contributed by atoms with Gasteiger partial charge in [0.25, 0.3) is 0 Å². The summed E-state index contributed by atoms with van der Waals surface area (Å²) in [5, 5.41) is 0. The van der Waals surface area contributed by atoms with Crippen LogP contribution in [-0.4, -0.2) is 14.5 Å². The quantitative estimate of drug-likeness (QED) is 0.299. The van der Waals surface area contributed by atoms with Crippen LogP contribution in [0.1, 0.15) is 38.3 Å². The topological polar surface area (TPSA) is 52.6 Å². The molecule has 0 heterocycles. The average Bonchev–Trinajstić information content (AvgIpc) is 2.81. The zero-order chi connectivity index (χ0) is 24.9. The van der Waals surface area contributed by atoms with Gasteiger partial charge in [-0.05, 0) is 106 Å². The molecule has 178 valence electrons. The van der Waals surface area contributed by atoms with Crippen LogP contribution < -0.4 is 9.47 Å². The highest BCUT2D eigenvalue weighted by Gasteiger charge is 2.18. The fraction of sp³-hybridized carbons (Fsp3) is 0.241. The van der Waals surface area contributed by atoms with E-state index in [-0.39, 0.29) is 15.9 Å². The van der Waals surface area contributed by atoms with E-state index < -0.39 is 9.84 Å². The van der Waals surface area contributed by atoms with Crippen molar-refractivity contribution in [3.05, 3.63) is 112 Å². The van der Waals surface area contributed by atoms with Crippen molar-refractivity contribution >= 4 is 9.84 Å². The molecule has 1 aliphatic carbocycles. The number of benzene rings is 2. The lowest BCUT2D eigenvalue weighted by atomic mass is 9.98. The lowest BCUT2D eigenvalue weighted by molar-refractivity contribution is 0.247. The van der Waals surface area contributed by atoms with Gasteiger partial charge in [-0.25, -0.2) is 8.42 Å². The van der Waals surface area contributed by atoms with Crippen LogP contribution in [0.2, 0.25) is 0 Å². The molecule has 0 aliphatic heterocycles. The van der Waals surface area contributed by atoms with Crippen molar-refractivity contribution in [3.63, 3.8) is 0 Å². The predicted molar refractivity (Wildman–Crippen MR) is 139 cm³/mol. The monoisotopic (exact) mass is 476 g/mol. The first-order valence-corrected chi connectivity index (χ1v) is 12.7. The van der Waals surface area contributed by atoms with Gasteiger partial charge in [0, 0.05) is 11.3 Å². The molecule has 0 aromatic heterocycles. The van der Waals surface area contributed by atoms with Crippen molar-refractivity contribution in [3.8, 4) is 11.5 Å². The van der Waals surface area contributed by atoms with Crippen molar-refractivity contribution in [1.29, 1.82) is 0 Å². The first-order valence-electron chi connectivity index (χ1n) is 11.2. The lowest BCUT2D eigenvalue weighted by Gasteiger charge is -2.20. The van der Waals surface area contributed by atoms with Crippen molar-refractivity contribution in [2.24, 2.45) is 0 Å². The van der Waals surface area contributed by atoms with Crippen LogP contribution >= 0.6 is 0 Å². The van der Waals surface area contributed by atoms with Crippen LogP contribution in [0.3, 0.4) is 0 Å². The molecule has 2 aromatic rings. The summed E-state index contributed by atoms with van der Waals surface area (Å²) in [5.41, 5.74) is 4.84. The highest BCUT2D eigenvalue weighted by atomic mass is 32.2. The molecule has 0 saturated heterocycles. The van der Waals surface area contributed by atoms with Gasteiger partial charge in [-0.3, -0.25) is 0 Å². The van der Waals surface area contributed by atoms with Crippen LogP contribution in [0.25, 0.3) is 0 Å². The van der Waals surface area contributed by atoms with Crippen LogP contribution in [0.4, 0.5) is 0 Å². The van der Waals surface area contributed by atoms with Gasteiger partial charge < -0.3 is 9.47 Å². The third kappa shape index (κ3) is 6.17. The molecule has 0 saturated carbocycles. The zero-order valence-corrected chi connectivity index (χ0v) is 21.3. The highest BCUT2D eigenvalue weighted by Crippen LogP contribution is 2.26. The highest BCUT2D eigenvalue weighted by molar-refractivity contribution is 7.95. The molecular formula is C29H32O4S. The first-order chi connectivity index (χ1) is 16.1. The molecule has 0 bridgehead atoms. The summed E-state index contributed by atoms with van der Waals surface area (Å²) >= 11 is 0. The van der Waals surface area contributed by atoms with Crippen molar-refractivity contribution < 1.29 is 17.9 Å². The molecule has 0 fully saturated rings. The summed E-state index contributed by atoms with van der Waals surface area (Å²) in [5.74, 6) is 1.77. The van der Waals surface area contributed by atoms with Gasteiger partial charge in [0.1, 0.15) is 23.4 Å². The first kappa shape index (κ1) is 25.3. The van der Waals surface area contributed by atoms with E-state index in [4.69, 9.17) is 9.47 Å². The van der Waals surface area contributed by atoms with Gasteiger partial charge in [-0.15, -0.1) is 0 Å². The van der Waals surface area contributed by atoms with Gasteiger partial charge >= 0.3 is 0 Å². The molecule has 1 aliphatic rings. The van der Waals surface area contributed by atoms with Gasteiger partial charge in [-0.2, -0.15) is 0 Å². The Labute approximate surface area is 203 Å². The number of rotatable bonds is 8. The molecule has 0 amide bonds. The van der Waals surface area contributed by atoms with E-state index in [9.17, 15) is 8.42 Å². The third-order valence-corrected chi connectivity index (χ3v) is 7.86. The second-order valence-corrected chi connectivity index (χ2v) is 10.7. The molecule has 1 unspecified atom stereocenters. The summed E-state index contributed by atoms with van der Waals surface area (Å²) in [7, 11) is -3.64. The van der Waals surface area contributed by atoms with Gasteiger partial charge in [0.15, 0.2) is 0 Å². The summed E-state index contributed by atoms with van der Waals surface area (Å²) in [6.45, 7) is 13.6. The Bertz CT molecular complexity index is 1290. The van der Waals surface area contributed by atoms with E-state index in [0.29, 0.717) is 17.3 Å². The number of sulfone groups is 1. The molecule has 2 aromatic carbocycles. The zero-order valence-electron chi connectivity index (χ0n) is 20.5. The summed E-state index contributed by atoms with van der Waals surface area (Å²) in [4.78, 5) is 0.416. The Balaban J connectivity index is 1.72. The van der Waals surface area contributed by atoms with E-state index in [1.165, 1.54) is 22.8 Å². The van der Waals surface area contributed by atoms with E-state index >= 15 is 0 Å². The second-order valence-electron chi connectivity index (χ2n) is 8.56.